The molecule has 0 radical (unpaired) electrons. The van der Waals surface area contributed by atoms with Gasteiger partial charge in [0.05, 0.1) is 20.3 Å². The maximum Gasteiger partial charge on any atom is 0.462 e. The van der Waals surface area contributed by atoms with Gasteiger partial charge in [-0.2, -0.15) is 4.67 Å². The van der Waals surface area contributed by atoms with E-state index in [4.69, 9.17) is 23.3 Å². The highest BCUT2D eigenvalue weighted by Gasteiger charge is 2.52. The van der Waals surface area contributed by atoms with Gasteiger partial charge in [0.25, 0.3) is 0 Å². The van der Waals surface area contributed by atoms with Crippen LogP contribution in [0.25, 0.3) is 0 Å². The smallest absolute Gasteiger partial charge is 0.462 e. The van der Waals surface area contributed by atoms with Gasteiger partial charge in [-0.3, -0.25) is 14.1 Å². The second-order valence-electron chi connectivity index (χ2n) is 8.78. The summed E-state index contributed by atoms with van der Waals surface area (Å²) < 4.78 is 42.8. The highest BCUT2D eigenvalue weighted by molar-refractivity contribution is 7.51. The van der Waals surface area contributed by atoms with Crippen molar-refractivity contribution in [3.63, 3.8) is 0 Å². The molecule has 0 aliphatic carbocycles. The van der Waals surface area contributed by atoms with Crippen LogP contribution in [0.2, 0.25) is 0 Å². The van der Waals surface area contributed by atoms with Crippen molar-refractivity contribution in [1.29, 1.82) is 0 Å². The Hall–Kier alpha value is -2.25. The molecule has 0 aromatic heterocycles. The maximum absolute atomic E-state index is 14.4. The van der Waals surface area contributed by atoms with Gasteiger partial charge in [0.1, 0.15) is 41.9 Å². The lowest BCUT2D eigenvalue weighted by atomic mass is 9.97. The Morgan fingerprint density at radius 2 is 1.78 bits per heavy atom. The number of likely N-dealkylation sites (N-methyl/N-ethyl adjacent to an activating group) is 1. The zero-order valence-electron chi connectivity index (χ0n) is 21.8. The average Bonchev–Trinajstić information content (AvgIpc) is 2.83. The Labute approximate surface area is 216 Å². The van der Waals surface area contributed by atoms with E-state index in [-0.39, 0.29) is 12.4 Å². The first-order chi connectivity index (χ1) is 17.4. The normalized spacial score (nSPS) is 26.3. The van der Waals surface area contributed by atoms with Gasteiger partial charge < -0.3 is 39.4 Å². The number of nitrogens with one attached hydrogen (secondary N) is 1. The first-order valence-electron chi connectivity index (χ1n) is 11.8. The molecule has 0 spiro atoms. The summed E-state index contributed by atoms with van der Waals surface area (Å²) in [5, 5.41) is 33.4. The molecule has 37 heavy (non-hydrogen) atoms. The molecule has 1 heterocycles. The number of ether oxygens (including phenoxy) is 3. The van der Waals surface area contributed by atoms with Gasteiger partial charge in [-0.25, -0.2) is 4.57 Å². The molecule has 7 atom stereocenters. The third-order valence-electron chi connectivity index (χ3n) is 5.73. The highest BCUT2D eigenvalue weighted by Crippen LogP contribution is 2.55. The van der Waals surface area contributed by atoms with Gasteiger partial charge in [-0.15, -0.1) is 0 Å². The Kier molecular flexibility index (Phi) is 11.3. The molecule has 2 rings (SSSR count). The maximum atomic E-state index is 14.4. The summed E-state index contributed by atoms with van der Waals surface area (Å²) in [5.74, 6) is -1.06. The fourth-order valence-electron chi connectivity index (χ4n) is 3.92. The highest BCUT2D eigenvalue weighted by atomic mass is 31.2. The fourth-order valence-corrected chi connectivity index (χ4v) is 5.87. The predicted octanol–water partition coefficient (Wildman–Crippen LogP) is 0.662. The molecule has 1 aliphatic heterocycles. The van der Waals surface area contributed by atoms with Crippen molar-refractivity contribution in [2.45, 2.75) is 64.4 Å². The summed E-state index contributed by atoms with van der Waals surface area (Å²) in [6.45, 7) is 5.59. The first-order valence-corrected chi connectivity index (χ1v) is 13.3. The van der Waals surface area contributed by atoms with Crippen molar-refractivity contribution in [3.05, 3.63) is 24.3 Å². The van der Waals surface area contributed by atoms with Gasteiger partial charge in [0.2, 0.25) is 5.91 Å². The summed E-state index contributed by atoms with van der Waals surface area (Å²) in [5.41, 5.74) is 0. The van der Waals surface area contributed by atoms with E-state index in [2.05, 4.69) is 5.32 Å². The SMILES string of the molecule is CCOC(=O)C(C(C)C)N(C)P(=O)(Oc1ccc(OC)cc1)O[C@H]1[C@H](O)[C@@H](NC(C)=O)[C@@H](O)O[C@@H]1CO. The standard InChI is InChI=1S/C23H37N2O11P/c1-7-33-23(30)19(13(2)3)25(5)37(31,35-16-10-8-15(32-6)9-11-16)36-21-17(12-26)34-22(29)18(20(21)28)24-14(4)27/h8-11,13,17-22,26,28-29H,7,12H2,1-6H3,(H,24,27)/t17-,18-,19?,20-,21-,22+,37?/m1/s1. The number of hydrogen-bond acceptors (Lipinski definition) is 11. The molecule has 210 valence electrons. The monoisotopic (exact) mass is 548 g/mol. The van der Waals surface area contributed by atoms with Crippen molar-refractivity contribution >= 4 is 19.6 Å². The number of aliphatic hydroxyl groups is 3. The number of benzene rings is 1. The van der Waals surface area contributed by atoms with E-state index in [0.717, 1.165) is 4.67 Å². The molecule has 2 unspecified atom stereocenters. The number of hydrogen-bond donors (Lipinski definition) is 4. The van der Waals surface area contributed by atoms with Crippen LogP contribution in [0.4, 0.5) is 0 Å². The van der Waals surface area contributed by atoms with Crippen LogP contribution in [0.15, 0.2) is 24.3 Å². The van der Waals surface area contributed by atoms with Gasteiger partial charge >= 0.3 is 13.7 Å². The molecule has 4 N–H and O–H groups in total. The molecule has 13 nitrogen and oxygen atoms in total. The largest absolute Gasteiger partial charge is 0.497 e. The van der Waals surface area contributed by atoms with Crippen LogP contribution in [-0.2, 0) is 28.2 Å². The Balaban J connectivity index is 2.52. The van der Waals surface area contributed by atoms with Crippen molar-refractivity contribution in [2.24, 2.45) is 5.92 Å². The van der Waals surface area contributed by atoms with Crippen molar-refractivity contribution in [3.8, 4) is 11.5 Å². The van der Waals surface area contributed by atoms with Crippen LogP contribution in [-0.4, -0.2) is 95.9 Å². The molecular weight excluding hydrogens is 511 g/mol. The molecule has 1 aromatic rings. The van der Waals surface area contributed by atoms with Crippen LogP contribution in [0.3, 0.4) is 0 Å². The molecule has 14 heteroatoms. The molecule has 1 aliphatic rings. The van der Waals surface area contributed by atoms with Crippen molar-refractivity contribution < 1.29 is 52.7 Å². The van der Waals surface area contributed by atoms with E-state index >= 15 is 0 Å². The molecular formula is C23H37N2O11P. The van der Waals surface area contributed by atoms with E-state index in [1.807, 2.05) is 0 Å². The van der Waals surface area contributed by atoms with Crippen molar-refractivity contribution in [2.75, 3.05) is 27.4 Å². The second-order valence-corrected chi connectivity index (χ2v) is 10.7. The molecule has 1 saturated heterocycles. The van der Waals surface area contributed by atoms with Crippen LogP contribution in [0.5, 0.6) is 11.5 Å². The quantitative estimate of drug-likeness (QED) is 0.213. The van der Waals surface area contributed by atoms with E-state index in [1.54, 1.807) is 32.9 Å². The number of aliphatic hydroxyl groups excluding tert-OH is 3. The zero-order chi connectivity index (χ0) is 27.9. The van der Waals surface area contributed by atoms with E-state index in [0.29, 0.717) is 5.75 Å². The number of carbonyl (C=O) groups is 2. The fraction of sp³-hybridized carbons (Fsp3) is 0.652. The van der Waals surface area contributed by atoms with Gasteiger partial charge in [-0.1, -0.05) is 13.8 Å². The topological polar surface area (TPSA) is 173 Å². The lowest BCUT2D eigenvalue weighted by molar-refractivity contribution is -0.250. The van der Waals surface area contributed by atoms with Crippen LogP contribution < -0.4 is 14.6 Å². The number of methoxy groups -OCH3 is 1. The number of rotatable bonds is 12. The van der Waals surface area contributed by atoms with E-state index < -0.39 is 68.8 Å². The third-order valence-corrected chi connectivity index (χ3v) is 7.70. The zero-order valence-corrected chi connectivity index (χ0v) is 22.7. The minimum atomic E-state index is -4.53. The van der Waals surface area contributed by atoms with Crippen molar-refractivity contribution in [1.82, 2.24) is 9.99 Å². The third kappa shape index (κ3) is 7.64. The number of amides is 1. The predicted molar refractivity (Wildman–Crippen MR) is 131 cm³/mol. The number of carbonyl (C=O) groups excluding carboxylic acids is 2. The van der Waals surface area contributed by atoms with Crippen LogP contribution >= 0.6 is 7.75 Å². The molecule has 0 bridgehead atoms. The Morgan fingerprint density at radius 1 is 1.19 bits per heavy atom. The minimum Gasteiger partial charge on any atom is -0.497 e. The summed E-state index contributed by atoms with van der Waals surface area (Å²) in [6, 6.07) is 3.61. The molecule has 0 saturated carbocycles. The number of esters is 1. The Bertz CT molecular complexity index is 945. The molecule has 1 aromatic carbocycles. The second kappa shape index (κ2) is 13.5. The van der Waals surface area contributed by atoms with Crippen LogP contribution in [0.1, 0.15) is 27.7 Å². The summed E-state index contributed by atoms with van der Waals surface area (Å²) in [4.78, 5) is 24.4. The minimum absolute atomic E-state index is 0.0818. The summed E-state index contributed by atoms with van der Waals surface area (Å²) >= 11 is 0. The summed E-state index contributed by atoms with van der Waals surface area (Å²) in [7, 11) is -1.71. The summed E-state index contributed by atoms with van der Waals surface area (Å²) in [6.07, 6.45) is -6.26. The average molecular weight is 549 g/mol. The van der Waals surface area contributed by atoms with Gasteiger partial charge in [0, 0.05) is 6.92 Å². The van der Waals surface area contributed by atoms with Gasteiger partial charge in [-0.05, 0) is 44.2 Å². The van der Waals surface area contributed by atoms with Crippen LogP contribution in [0, 0.1) is 5.92 Å². The van der Waals surface area contributed by atoms with E-state index in [9.17, 15) is 29.5 Å². The lowest BCUT2D eigenvalue weighted by Gasteiger charge is -2.44. The Morgan fingerprint density at radius 3 is 2.27 bits per heavy atom. The first kappa shape index (κ1) is 31.0. The molecule has 1 fully saturated rings. The lowest BCUT2D eigenvalue weighted by Crippen LogP contribution is -2.64. The molecule has 1 amide bonds. The van der Waals surface area contributed by atoms with E-state index in [1.165, 1.54) is 33.2 Å². The van der Waals surface area contributed by atoms with Gasteiger partial charge in [0.15, 0.2) is 6.29 Å². The number of nitrogens with zero attached hydrogens (tertiary/aromatic N) is 1.